The third kappa shape index (κ3) is 3.34. The molecule has 0 amide bonds. The molecule has 3 aromatic heterocycles. The zero-order valence-electron chi connectivity index (χ0n) is 14.5. The predicted molar refractivity (Wildman–Crippen MR) is 109 cm³/mol. The van der Waals surface area contributed by atoms with Crippen LogP contribution in [0.5, 0.6) is 0 Å². The molecule has 132 valence electrons. The first-order valence-electron chi connectivity index (χ1n) is 8.34. The topological polar surface area (TPSA) is 58.9 Å². The van der Waals surface area contributed by atoms with Crippen LogP contribution in [0.15, 0.2) is 57.3 Å². The average Bonchev–Trinajstić information content (AvgIpc) is 3.30. The smallest absolute Gasteiger partial charge is 0.260 e. The van der Waals surface area contributed by atoms with E-state index in [2.05, 4.69) is 43.1 Å². The van der Waals surface area contributed by atoms with Crippen LogP contribution in [0.4, 0.5) is 0 Å². The SMILES string of the molecule is Cc1ccc(CSC(C)c2nc3scc(-c4ccco4)c3c(=O)[nH]2)cc1. The summed E-state index contributed by atoms with van der Waals surface area (Å²) in [5.41, 5.74) is 3.22. The van der Waals surface area contributed by atoms with Gasteiger partial charge in [-0.15, -0.1) is 23.1 Å². The minimum Gasteiger partial charge on any atom is -0.464 e. The summed E-state index contributed by atoms with van der Waals surface area (Å²) in [6, 6.07) is 12.2. The van der Waals surface area contributed by atoms with Crippen molar-refractivity contribution in [3.05, 3.63) is 75.3 Å². The Morgan fingerprint density at radius 3 is 2.81 bits per heavy atom. The number of thioether (sulfide) groups is 1. The highest BCUT2D eigenvalue weighted by Crippen LogP contribution is 2.33. The number of furan rings is 1. The molecule has 1 N–H and O–H groups in total. The minimum atomic E-state index is -0.111. The lowest BCUT2D eigenvalue weighted by Crippen LogP contribution is -2.12. The lowest BCUT2D eigenvalue weighted by molar-refractivity contribution is 0.583. The average molecular weight is 383 g/mol. The zero-order chi connectivity index (χ0) is 18.1. The summed E-state index contributed by atoms with van der Waals surface area (Å²) in [6.45, 7) is 4.16. The Morgan fingerprint density at radius 2 is 2.08 bits per heavy atom. The van der Waals surface area contributed by atoms with Crippen molar-refractivity contribution in [2.75, 3.05) is 0 Å². The molecule has 1 unspecified atom stereocenters. The van der Waals surface area contributed by atoms with Crippen LogP contribution in [0.25, 0.3) is 21.5 Å². The van der Waals surface area contributed by atoms with Crippen LogP contribution in [0.3, 0.4) is 0 Å². The van der Waals surface area contributed by atoms with Gasteiger partial charge in [0.25, 0.3) is 5.56 Å². The first kappa shape index (κ1) is 17.1. The predicted octanol–water partition coefficient (Wildman–Crippen LogP) is 5.55. The number of aryl methyl sites for hydroxylation is 1. The van der Waals surface area contributed by atoms with E-state index in [9.17, 15) is 4.79 Å². The number of nitrogens with zero attached hydrogens (tertiary/aromatic N) is 1. The number of rotatable bonds is 5. The summed E-state index contributed by atoms with van der Waals surface area (Å²) < 4.78 is 5.44. The Balaban J connectivity index is 1.59. The lowest BCUT2D eigenvalue weighted by atomic mass is 10.2. The fourth-order valence-corrected chi connectivity index (χ4v) is 4.60. The molecule has 4 rings (SSSR count). The van der Waals surface area contributed by atoms with Crippen molar-refractivity contribution >= 4 is 33.3 Å². The first-order valence-corrected chi connectivity index (χ1v) is 10.3. The number of H-pyrrole nitrogens is 1. The molecule has 26 heavy (non-hydrogen) atoms. The van der Waals surface area contributed by atoms with Crippen molar-refractivity contribution in [3.8, 4) is 11.3 Å². The summed E-state index contributed by atoms with van der Waals surface area (Å²) in [4.78, 5) is 21.1. The van der Waals surface area contributed by atoms with Gasteiger partial charge in [0.05, 0.1) is 16.9 Å². The minimum absolute atomic E-state index is 0.0996. The number of fused-ring (bicyclic) bond motifs is 1. The largest absolute Gasteiger partial charge is 0.464 e. The van der Waals surface area contributed by atoms with Gasteiger partial charge >= 0.3 is 0 Å². The van der Waals surface area contributed by atoms with Crippen LogP contribution >= 0.6 is 23.1 Å². The third-order valence-corrected chi connectivity index (χ3v) is 6.35. The summed E-state index contributed by atoms with van der Waals surface area (Å²) in [7, 11) is 0. The van der Waals surface area contributed by atoms with Crippen molar-refractivity contribution < 1.29 is 4.42 Å². The van der Waals surface area contributed by atoms with Gasteiger partial charge in [0.15, 0.2) is 0 Å². The molecule has 0 saturated heterocycles. The van der Waals surface area contributed by atoms with E-state index in [-0.39, 0.29) is 10.8 Å². The highest BCUT2D eigenvalue weighted by Gasteiger charge is 2.17. The van der Waals surface area contributed by atoms with Crippen molar-refractivity contribution in [3.63, 3.8) is 0 Å². The lowest BCUT2D eigenvalue weighted by Gasteiger charge is -2.11. The fourth-order valence-electron chi connectivity index (χ4n) is 2.76. The Kier molecular flexibility index (Phi) is 4.70. The van der Waals surface area contributed by atoms with Gasteiger partial charge in [0.1, 0.15) is 16.4 Å². The number of aromatic amines is 1. The Hall–Kier alpha value is -2.31. The van der Waals surface area contributed by atoms with Crippen LogP contribution in [0.2, 0.25) is 0 Å². The van der Waals surface area contributed by atoms with E-state index in [1.165, 1.54) is 22.5 Å². The summed E-state index contributed by atoms with van der Waals surface area (Å²) in [5.74, 6) is 2.29. The molecule has 1 aromatic carbocycles. The van der Waals surface area contributed by atoms with Gasteiger partial charge in [-0.05, 0) is 31.5 Å². The van der Waals surface area contributed by atoms with Crippen LogP contribution < -0.4 is 5.56 Å². The molecule has 0 aliphatic rings. The maximum absolute atomic E-state index is 12.7. The van der Waals surface area contributed by atoms with Gasteiger partial charge in [0.2, 0.25) is 0 Å². The Labute approximate surface area is 159 Å². The van der Waals surface area contributed by atoms with Crippen molar-refractivity contribution in [1.29, 1.82) is 0 Å². The van der Waals surface area contributed by atoms with E-state index >= 15 is 0 Å². The highest BCUT2D eigenvalue weighted by atomic mass is 32.2. The van der Waals surface area contributed by atoms with E-state index in [4.69, 9.17) is 9.40 Å². The fraction of sp³-hybridized carbons (Fsp3) is 0.200. The number of nitrogens with one attached hydrogen (secondary N) is 1. The van der Waals surface area contributed by atoms with Gasteiger partial charge in [-0.25, -0.2) is 4.98 Å². The Bertz CT molecular complexity index is 1080. The second-order valence-electron chi connectivity index (χ2n) is 6.20. The van der Waals surface area contributed by atoms with E-state index < -0.39 is 0 Å². The highest BCUT2D eigenvalue weighted by molar-refractivity contribution is 7.98. The van der Waals surface area contributed by atoms with Gasteiger partial charge in [-0.2, -0.15) is 0 Å². The number of aromatic nitrogens is 2. The molecule has 0 spiro atoms. The van der Waals surface area contributed by atoms with Crippen molar-refractivity contribution in [2.24, 2.45) is 0 Å². The quantitative estimate of drug-likeness (QED) is 0.492. The summed E-state index contributed by atoms with van der Waals surface area (Å²) in [6.07, 6.45) is 1.61. The maximum Gasteiger partial charge on any atom is 0.260 e. The van der Waals surface area contributed by atoms with Gasteiger partial charge in [-0.3, -0.25) is 4.79 Å². The number of thiophene rings is 1. The number of hydrogen-bond acceptors (Lipinski definition) is 5. The van der Waals surface area contributed by atoms with Crippen LogP contribution in [0.1, 0.15) is 29.1 Å². The van der Waals surface area contributed by atoms with Crippen molar-refractivity contribution in [2.45, 2.75) is 24.9 Å². The number of benzene rings is 1. The standard InChI is InChI=1S/C20H18N2O2S2/c1-12-5-7-14(8-6-12)10-25-13(2)18-21-19(23)17-15(11-26-20(17)22-18)16-4-3-9-24-16/h3-9,11,13H,10H2,1-2H3,(H,21,22,23). The third-order valence-electron chi connectivity index (χ3n) is 4.25. The molecule has 0 aliphatic heterocycles. The van der Waals surface area contributed by atoms with E-state index in [1.54, 1.807) is 18.0 Å². The van der Waals surface area contributed by atoms with Crippen molar-refractivity contribution in [1.82, 2.24) is 9.97 Å². The molecule has 3 heterocycles. The first-order chi connectivity index (χ1) is 12.6. The van der Waals surface area contributed by atoms with Crippen LogP contribution in [-0.4, -0.2) is 9.97 Å². The maximum atomic E-state index is 12.7. The summed E-state index contributed by atoms with van der Waals surface area (Å²) in [5, 5.41) is 2.63. The molecule has 0 bridgehead atoms. The molecule has 4 aromatic rings. The van der Waals surface area contributed by atoms with Crippen LogP contribution in [0, 0.1) is 6.92 Å². The monoisotopic (exact) mass is 382 g/mol. The molecule has 0 radical (unpaired) electrons. The molecular formula is C20H18N2O2S2. The Morgan fingerprint density at radius 1 is 1.27 bits per heavy atom. The van der Waals surface area contributed by atoms with Gasteiger partial charge in [-0.1, -0.05) is 29.8 Å². The normalized spacial score (nSPS) is 12.5. The molecule has 4 nitrogen and oxygen atoms in total. The molecule has 1 atom stereocenters. The van der Waals surface area contributed by atoms with E-state index in [1.807, 2.05) is 17.5 Å². The van der Waals surface area contributed by atoms with Gasteiger partial charge in [0, 0.05) is 16.7 Å². The molecule has 6 heteroatoms. The molecule has 0 aliphatic carbocycles. The molecule has 0 fully saturated rings. The van der Waals surface area contributed by atoms with E-state index in [0.717, 1.165) is 16.1 Å². The second kappa shape index (κ2) is 7.13. The number of hydrogen-bond donors (Lipinski definition) is 1. The summed E-state index contributed by atoms with van der Waals surface area (Å²) >= 11 is 3.24. The molecular weight excluding hydrogens is 364 g/mol. The van der Waals surface area contributed by atoms with E-state index in [0.29, 0.717) is 17.0 Å². The second-order valence-corrected chi connectivity index (χ2v) is 8.38. The molecule has 0 saturated carbocycles. The van der Waals surface area contributed by atoms with Crippen LogP contribution in [-0.2, 0) is 5.75 Å². The van der Waals surface area contributed by atoms with Gasteiger partial charge < -0.3 is 9.40 Å². The zero-order valence-corrected chi connectivity index (χ0v) is 16.1.